The molecule has 2 N–H and O–H groups in total. The summed E-state index contributed by atoms with van der Waals surface area (Å²) in [6.45, 7) is 7.97. The predicted octanol–water partition coefficient (Wildman–Crippen LogP) is 1.96. The van der Waals surface area contributed by atoms with Crippen LogP contribution in [0.3, 0.4) is 0 Å². The second-order valence-corrected chi connectivity index (χ2v) is 1.94. The van der Waals surface area contributed by atoms with Gasteiger partial charge < -0.3 is 10.5 Å². The molecule has 0 unspecified atom stereocenters. The normalized spacial score (nSPS) is 12.9. The third kappa shape index (κ3) is 3.50. The lowest BCUT2D eigenvalue weighted by Crippen LogP contribution is -2.04. The molecule has 0 atom stereocenters. The summed E-state index contributed by atoms with van der Waals surface area (Å²) in [5.74, 6) is 0.715. The first kappa shape index (κ1) is 9.82. The van der Waals surface area contributed by atoms with Gasteiger partial charge in [0.25, 0.3) is 0 Å². The van der Waals surface area contributed by atoms with Crippen molar-refractivity contribution in [3.8, 4) is 0 Å². The molecule has 0 radical (unpaired) electrons. The fourth-order valence-electron chi connectivity index (χ4n) is 0.698. The summed E-state index contributed by atoms with van der Waals surface area (Å²) in [5, 5.41) is 0. The topological polar surface area (TPSA) is 35.2 Å². The van der Waals surface area contributed by atoms with E-state index in [9.17, 15) is 0 Å². The molecule has 0 aliphatic carbocycles. The molecule has 0 amide bonds. The Hall–Kier alpha value is -1.18. The maximum absolute atomic E-state index is 5.62. The molecule has 11 heavy (non-hydrogen) atoms. The first-order valence-electron chi connectivity index (χ1n) is 3.63. The van der Waals surface area contributed by atoms with Crippen LogP contribution in [0, 0.1) is 0 Å². The minimum Gasteiger partial charge on any atom is -0.492 e. The average molecular weight is 153 g/mol. The average Bonchev–Trinajstić information content (AvgIpc) is 2.00. The van der Waals surface area contributed by atoms with Crippen LogP contribution >= 0.6 is 0 Å². The molecule has 0 aromatic carbocycles. The van der Waals surface area contributed by atoms with E-state index in [-0.39, 0.29) is 0 Å². The molecule has 0 spiro atoms. The number of rotatable bonds is 4. The second-order valence-electron chi connectivity index (χ2n) is 1.94. The highest BCUT2D eigenvalue weighted by Crippen LogP contribution is 2.04. The van der Waals surface area contributed by atoms with Crippen LogP contribution in [0.5, 0.6) is 0 Å². The van der Waals surface area contributed by atoms with Crippen molar-refractivity contribution in [3.05, 3.63) is 36.3 Å². The molecule has 0 fully saturated rings. The van der Waals surface area contributed by atoms with Gasteiger partial charge in [0, 0.05) is 0 Å². The van der Waals surface area contributed by atoms with Crippen LogP contribution < -0.4 is 5.73 Å². The second kappa shape index (κ2) is 5.59. The first-order chi connectivity index (χ1) is 5.26. The molecule has 0 saturated carbocycles. The standard InChI is InChI=1S/C9H15NO/c1-4-7-8(10)9(5-2)11-6-3/h4-5,7H,1,6,10H2,2-3H3/b8-7+,9-5+. The highest BCUT2D eigenvalue weighted by atomic mass is 16.5. The van der Waals surface area contributed by atoms with Gasteiger partial charge in [0.1, 0.15) is 5.76 Å². The van der Waals surface area contributed by atoms with Gasteiger partial charge in [-0.1, -0.05) is 12.7 Å². The van der Waals surface area contributed by atoms with Gasteiger partial charge in [-0.15, -0.1) is 0 Å². The lowest BCUT2D eigenvalue weighted by atomic mass is 10.3. The Kier molecular flexibility index (Phi) is 4.99. The maximum Gasteiger partial charge on any atom is 0.137 e. The molecule has 0 heterocycles. The summed E-state index contributed by atoms with van der Waals surface area (Å²) >= 11 is 0. The van der Waals surface area contributed by atoms with Crippen molar-refractivity contribution in [3.63, 3.8) is 0 Å². The van der Waals surface area contributed by atoms with E-state index in [4.69, 9.17) is 10.5 Å². The van der Waals surface area contributed by atoms with E-state index in [0.29, 0.717) is 18.1 Å². The van der Waals surface area contributed by atoms with Crippen molar-refractivity contribution in [2.45, 2.75) is 13.8 Å². The summed E-state index contributed by atoms with van der Waals surface area (Å²) in [5.41, 5.74) is 6.24. The summed E-state index contributed by atoms with van der Waals surface area (Å²) in [6.07, 6.45) is 5.18. The molecule has 0 aliphatic rings. The van der Waals surface area contributed by atoms with Crippen molar-refractivity contribution >= 4 is 0 Å². The summed E-state index contributed by atoms with van der Waals surface area (Å²) in [6, 6.07) is 0. The molecule has 0 rings (SSSR count). The lowest BCUT2D eigenvalue weighted by molar-refractivity contribution is 0.236. The molecule has 0 aromatic heterocycles. The number of ether oxygens (including phenoxy) is 1. The van der Waals surface area contributed by atoms with Crippen LogP contribution in [-0.4, -0.2) is 6.61 Å². The predicted molar refractivity (Wildman–Crippen MR) is 47.9 cm³/mol. The molecular formula is C9H15NO. The van der Waals surface area contributed by atoms with Crippen LogP contribution in [0.4, 0.5) is 0 Å². The highest BCUT2D eigenvalue weighted by Gasteiger charge is 1.96. The Morgan fingerprint density at radius 2 is 2.27 bits per heavy atom. The fraction of sp³-hybridized carbons (Fsp3) is 0.333. The van der Waals surface area contributed by atoms with E-state index < -0.39 is 0 Å². The van der Waals surface area contributed by atoms with Gasteiger partial charge in [0.2, 0.25) is 0 Å². The number of hydrogen-bond acceptors (Lipinski definition) is 2. The molecule has 0 aromatic rings. The van der Waals surface area contributed by atoms with Gasteiger partial charge in [0.15, 0.2) is 0 Å². The van der Waals surface area contributed by atoms with Crippen molar-refractivity contribution in [2.24, 2.45) is 5.73 Å². The zero-order valence-corrected chi connectivity index (χ0v) is 7.13. The zero-order valence-electron chi connectivity index (χ0n) is 7.13. The van der Waals surface area contributed by atoms with E-state index in [1.807, 2.05) is 19.9 Å². The minimum atomic E-state index is 0.615. The van der Waals surface area contributed by atoms with Gasteiger partial charge in [-0.2, -0.15) is 0 Å². The lowest BCUT2D eigenvalue weighted by Gasteiger charge is -2.06. The highest BCUT2D eigenvalue weighted by molar-refractivity contribution is 5.25. The maximum atomic E-state index is 5.62. The fourth-order valence-corrected chi connectivity index (χ4v) is 0.698. The Morgan fingerprint density at radius 1 is 1.64 bits per heavy atom. The quantitative estimate of drug-likeness (QED) is 0.495. The van der Waals surface area contributed by atoms with E-state index in [1.165, 1.54) is 0 Å². The third-order valence-corrected chi connectivity index (χ3v) is 1.14. The van der Waals surface area contributed by atoms with Crippen LogP contribution in [-0.2, 0) is 4.74 Å². The Labute approximate surface area is 68.0 Å². The Morgan fingerprint density at radius 3 is 2.64 bits per heavy atom. The zero-order chi connectivity index (χ0) is 8.69. The molecule has 62 valence electrons. The van der Waals surface area contributed by atoms with Gasteiger partial charge in [-0.3, -0.25) is 0 Å². The van der Waals surface area contributed by atoms with E-state index in [1.54, 1.807) is 12.2 Å². The molecular weight excluding hydrogens is 138 g/mol. The molecule has 0 bridgehead atoms. The largest absolute Gasteiger partial charge is 0.492 e. The van der Waals surface area contributed by atoms with Crippen LogP contribution in [0.15, 0.2) is 36.3 Å². The SMILES string of the molecule is C=C/C=C(N)\C(=C/C)OCC. The molecule has 2 heteroatoms. The Bertz CT molecular complexity index is 180. The van der Waals surface area contributed by atoms with Gasteiger partial charge in [0.05, 0.1) is 12.3 Å². The monoisotopic (exact) mass is 153 g/mol. The van der Waals surface area contributed by atoms with Crippen molar-refractivity contribution in [1.82, 2.24) is 0 Å². The van der Waals surface area contributed by atoms with E-state index in [2.05, 4.69) is 6.58 Å². The summed E-state index contributed by atoms with van der Waals surface area (Å²) in [4.78, 5) is 0. The van der Waals surface area contributed by atoms with Crippen molar-refractivity contribution in [2.75, 3.05) is 6.61 Å². The van der Waals surface area contributed by atoms with Gasteiger partial charge in [-0.25, -0.2) is 0 Å². The number of allylic oxidation sites excluding steroid dienone is 3. The summed E-state index contributed by atoms with van der Waals surface area (Å²) < 4.78 is 5.23. The van der Waals surface area contributed by atoms with Crippen LogP contribution in [0.25, 0.3) is 0 Å². The molecule has 0 saturated heterocycles. The number of hydrogen-bond donors (Lipinski definition) is 1. The van der Waals surface area contributed by atoms with Crippen LogP contribution in [0.2, 0.25) is 0 Å². The number of nitrogens with two attached hydrogens (primary N) is 1. The summed E-state index contributed by atoms with van der Waals surface area (Å²) in [7, 11) is 0. The minimum absolute atomic E-state index is 0.615. The van der Waals surface area contributed by atoms with Crippen molar-refractivity contribution < 1.29 is 4.74 Å². The van der Waals surface area contributed by atoms with Crippen molar-refractivity contribution in [1.29, 1.82) is 0 Å². The Balaban J connectivity index is 4.26. The van der Waals surface area contributed by atoms with E-state index in [0.717, 1.165) is 0 Å². The first-order valence-corrected chi connectivity index (χ1v) is 3.63. The van der Waals surface area contributed by atoms with Gasteiger partial charge in [-0.05, 0) is 26.0 Å². The molecule has 2 nitrogen and oxygen atoms in total. The van der Waals surface area contributed by atoms with Crippen LogP contribution in [0.1, 0.15) is 13.8 Å². The smallest absolute Gasteiger partial charge is 0.137 e. The van der Waals surface area contributed by atoms with Gasteiger partial charge >= 0.3 is 0 Å². The third-order valence-electron chi connectivity index (χ3n) is 1.14. The van der Waals surface area contributed by atoms with E-state index >= 15 is 0 Å². The molecule has 0 aliphatic heterocycles.